The highest BCUT2D eigenvalue weighted by Gasteiger charge is 2.41. The van der Waals surface area contributed by atoms with Gasteiger partial charge in [-0.3, -0.25) is 9.69 Å². The van der Waals surface area contributed by atoms with E-state index < -0.39 is 29.8 Å². The summed E-state index contributed by atoms with van der Waals surface area (Å²) in [5.74, 6) is -0.986. The number of rotatable bonds is 4. The molecule has 1 saturated heterocycles. The number of halogens is 3. The Morgan fingerprint density at radius 2 is 2.00 bits per heavy atom. The maximum atomic E-state index is 13.5. The van der Waals surface area contributed by atoms with Gasteiger partial charge in [0.1, 0.15) is 6.04 Å². The van der Waals surface area contributed by atoms with Gasteiger partial charge in [-0.1, -0.05) is 18.2 Å². The summed E-state index contributed by atoms with van der Waals surface area (Å²) in [7, 11) is 0. The third-order valence-electron chi connectivity index (χ3n) is 4.50. The van der Waals surface area contributed by atoms with Gasteiger partial charge < -0.3 is 5.11 Å². The maximum absolute atomic E-state index is 13.5. The van der Waals surface area contributed by atoms with Gasteiger partial charge in [0.25, 0.3) is 0 Å². The fourth-order valence-corrected chi connectivity index (χ4v) is 4.47. The van der Waals surface area contributed by atoms with Crippen LogP contribution in [0.3, 0.4) is 0 Å². The van der Waals surface area contributed by atoms with Gasteiger partial charge in [0.15, 0.2) is 0 Å². The molecule has 7 heteroatoms. The van der Waals surface area contributed by atoms with E-state index in [1.54, 1.807) is 17.0 Å². The maximum Gasteiger partial charge on any atom is 0.416 e. The summed E-state index contributed by atoms with van der Waals surface area (Å²) in [6, 6.07) is 7.64. The number of benzene rings is 1. The Hall–Kier alpha value is -1.86. The number of likely N-dealkylation sites (tertiary alicyclic amines) is 1. The molecule has 2 unspecified atom stereocenters. The first-order chi connectivity index (χ1) is 11.8. The first kappa shape index (κ1) is 17.9. The van der Waals surface area contributed by atoms with E-state index in [9.17, 15) is 23.1 Å². The van der Waals surface area contributed by atoms with Crippen molar-refractivity contribution in [1.29, 1.82) is 0 Å². The average molecular weight is 369 g/mol. The number of carbonyl (C=O) groups is 1. The molecule has 1 aliphatic rings. The second-order valence-corrected chi connectivity index (χ2v) is 7.49. The lowest BCUT2D eigenvalue weighted by Crippen LogP contribution is -2.39. The van der Waals surface area contributed by atoms with E-state index in [1.165, 1.54) is 23.5 Å². The molecule has 0 bridgehead atoms. The molecule has 1 N–H and O–H groups in total. The van der Waals surface area contributed by atoms with Crippen LogP contribution in [0.2, 0.25) is 0 Å². The van der Waals surface area contributed by atoms with E-state index >= 15 is 0 Å². The minimum absolute atomic E-state index is 0.116. The van der Waals surface area contributed by atoms with Gasteiger partial charge in [-0.15, -0.1) is 11.3 Å². The Labute approximate surface area is 147 Å². The van der Waals surface area contributed by atoms with Crippen molar-refractivity contribution in [2.24, 2.45) is 0 Å². The molecule has 2 aromatic rings. The van der Waals surface area contributed by atoms with Crippen molar-refractivity contribution >= 4 is 17.3 Å². The smallest absolute Gasteiger partial charge is 0.416 e. The molecule has 0 aliphatic carbocycles. The number of nitrogens with zero attached hydrogens (tertiary/aromatic N) is 1. The topological polar surface area (TPSA) is 40.5 Å². The van der Waals surface area contributed by atoms with Gasteiger partial charge >= 0.3 is 12.1 Å². The molecule has 2 atom stereocenters. The molecule has 3 rings (SSSR count). The summed E-state index contributed by atoms with van der Waals surface area (Å²) in [5, 5.41) is 9.50. The van der Waals surface area contributed by atoms with E-state index in [2.05, 4.69) is 0 Å². The van der Waals surface area contributed by atoms with E-state index in [-0.39, 0.29) is 5.56 Å². The van der Waals surface area contributed by atoms with Crippen molar-refractivity contribution in [3.63, 3.8) is 0 Å². The summed E-state index contributed by atoms with van der Waals surface area (Å²) in [5.41, 5.74) is -0.591. The predicted molar refractivity (Wildman–Crippen MR) is 89.7 cm³/mol. The van der Waals surface area contributed by atoms with Crippen LogP contribution < -0.4 is 0 Å². The van der Waals surface area contributed by atoms with Crippen molar-refractivity contribution in [2.45, 2.75) is 38.0 Å². The van der Waals surface area contributed by atoms with Gasteiger partial charge in [0.2, 0.25) is 0 Å². The molecule has 0 radical (unpaired) electrons. The molecule has 1 aliphatic heterocycles. The molecule has 134 valence electrons. The van der Waals surface area contributed by atoms with E-state index in [4.69, 9.17) is 0 Å². The van der Waals surface area contributed by atoms with Gasteiger partial charge in [0.05, 0.1) is 11.6 Å². The molecule has 2 heterocycles. The molecule has 3 nitrogen and oxygen atoms in total. The van der Waals surface area contributed by atoms with Gasteiger partial charge in [0, 0.05) is 16.3 Å². The Kier molecular flexibility index (Phi) is 4.88. The number of hydrogen-bond acceptors (Lipinski definition) is 3. The molecule has 0 spiro atoms. The van der Waals surface area contributed by atoms with Crippen LogP contribution in [-0.4, -0.2) is 28.6 Å². The van der Waals surface area contributed by atoms with Crippen LogP contribution in [0.1, 0.15) is 39.8 Å². The molecular weight excluding hydrogens is 351 g/mol. The van der Waals surface area contributed by atoms with Crippen LogP contribution >= 0.6 is 11.3 Å². The Morgan fingerprint density at radius 1 is 1.28 bits per heavy atom. The third-order valence-corrected chi connectivity index (χ3v) is 5.56. The fraction of sp³-hybridized carbons (Fsp3) is 0.389. The molecule has 1 aromatic heterocycles. The summed E-state index contributed by atoms with van der Waals surface area (Å²) in [6.45, 7) is 2.35. The number of thiophene rings is 1. The third kappa shape index (κ3) is 3.57. The van der Waals surface area contributed by atoms with Crippen LogP contribution in [-0.2, 0) is 11.0 Å². The zero-order valence-corrected chi connectivity index (χ0v) is 14.4. The quantitative estimate of drug-likeness (QED) is 0.848. The normalized spacial score (nSPS) is 19.9. The molecular formula is C18H18F3NO2S. The van der Waals surface area contributed by atoms with E-state index in [0.717, 1.165) is 15.8 Å². The van der Waals surface area contributed by atoms with Crippen LogP contribution in [0.25, 0.3) is 0 Å². The van der Waals surface area contributed by atoms with Gasteiger partial charge in [-0.2, -0.15) is 13.2 Å². The molecule has 0 saturated carbocycles. The summed E-state index contributed by atoms with van der Waals surface area (Å²) < 4.78 is 40.6. The summed E-state index contributed by atoms with van der Waals surface area (Å²) >= 11 is 1.41. The highest BCUT2D eigenvalue weighted by molar-refractivity contribution is 7.12. The van der Waals surface area contributed by atoms with Crippen LogP contribution in [0.15, 0.2) is 36.4 Å². The lowest BCUT2D eigenvalue weighted by atomic mass is 9.96. The minimum atomic E-state index is -4.49. The largest absolute Gasteiger partial charge is 0.480 e. The Morgan fingerprint density at radius 3 is 2.60 bits per heavy atom. The van der Waals surface area contributed by atoms with Gasteiger partial charge in [-0.05, 0) is 43.5 Å². The van der Waals surface area contributed by atoms with Crippen molar-refractivity contribution < 1.29 is 23.1 Å². The monoisotopic (exact) mass is 369 g/mol. The zero-order valence-electron chi connectivity index (χ0n) is 13.6. The summed E-state index contributed by atoms with van der Waals surface area (Å²) in [6.07, 6.45) is -3.38. The SMILES string of the molecule is Cc1ccc(C(c2ccccc2C(F)(F)F)N2CCCC2C(=O)O)s1. The number of aliphatic carboxylic acids is 1. The van der Waals surface area contributed by atoms with Crippen molar-refractivity contribution in [3.05, 3.63) is 57.3 Å². The number of aryl methyl sites for hydroxylation is 1. The molecule has 1 fully saturated rings. The number of carboxylic acid groups (broad SMARTS) is 1. The molecule has 25 heavy (non-hydrogen) atoms. The Bertz CT molecular complexity index is 772. The number of carboxylic acids is 1. The average Bonchev–Trinajstić information content (AvgIpc) is 3.17. The predicted octanol–water partition coefficient (Wildman–Crippen LogP) is 4.71. The van der Waals surface area contributed by atoms with E-state index in [1.807, 2.05) is 13.0 Å². The van der Waals surface area contributed by atoms with Crippen LogP contribution in [0, 0.1) is 6.92 Å². The fourth-order valence-electron chi connectivity index (χ4n) is 3.45. The number of alkyl halides is 3. The standard InChI is InChI=1S/C18H18F3NO2S/c1-11-8-9-15(25-11)16(22-10-4-7-14(22)17(23)24)12-5-2-3-6-13(12)18(19,20)21/h2-3,5-6,8-9,14,16H,4,7,10H2,1H3,(H,23,24). The minimum Gasteiger partial charge on any atom is -0.480 e. The lowest BCUT2D eigenvalue weighted by molar-refractivity contribution is -0.142. The highest BCUT2D eigenvalue weighted by Crippen LogP contribution is 2.43. The van der Waals surface area contributed by atoms with Crippen molar-refractivity contribution in [1.82, 2.24) is 4.90 Å². The molecule has 1 aromatic carbocycles. The van der Waals surface area contributed by atoms with Crippen molar-refractivity contribution in [2.75, 3.05) is 6.54 Å². The summed E-state index contributed by atoms with van der Waals surface area (Å²) in [4.78, 5) is 15.0. The highest BCUT2D eigenvalue weighted by atomic mass is 32.1. The first-order valence-electron chi connectivity index (χ1n) is 8.00. The van der Waals surface area contributed by atoms with Crippen LogP contribution in [0.5, 0.6) is 0 Å². The second kappa shape index (κ2) is 6.80. The van der Waals surface area contributed by atoms with E-state index in [0.29, 0.717) is 19.4 Å². The number of hydrogen-bond donors (Lipinski definition) is 1. The first-order valence-corrected chi connectivity index (χ1v) is 8.81. The van der Waals surface area contributed by atoms with Crippen molar-refractivity contribution in [3.8, 4) is 0 Å². The zero-order chi connectivity index (χ0) is 18.2. The van der Waals surface area contributed by atoms with Gasteiger partial charge in [-0.25, -0.2) is 0 Å². The second-order valence-electron chi connectivity index (χ2n) is 6.17. The van der Waals surface area contributed by atoms with Crippen LogP contribution in [0.4, 0.5) is 13.2 Å². The molecule has 0 amide bonds. The lowest BCUT2D eigenvalue weighted by Gasteiger charge is -2.32. The Balaban J connectivity index is 2.15.